The Labute approximate surface area is 149 Å². The monoisotopic (exact) mass is 365 g/mol. The second-order valence-electron chi connectivity index (χ2n) is 5.76. The molecule has 0 aliphatic carbocycles. The molecule has 3 aromatic rings. The maximum Gasteiger partial charge on any atom is 0.0930 e. The van der Waals surface area contributed by atoms with Gasteiger partial charge in [0.15, 0.2) is 0 Å². The van der Waals surface area contributed by atoms with Gasteiger partial charge in [0.25, 0.3) is 0 Å². The van der Waals surface area contributed by atoms with Crippen LogP contribution in [0.15, 0.2) is 35.7 Å². The third-order valence-corrected chi connectivity index (χ3v) is 5.37. The SMILES string of the molecule is OCCN(CCO)CC(O)c1cc2ccc(Cl)cc2c2ccsc12. The van der Waals surface area contributed by atoms with Gasteiger partial charge in [-0.1, -0.05) is 17.7 Å². The summed E-state index contributed by atoms with van der Waals surface area (Å²) >= 11 is 7.72. The first-order valence-electron chi connectivity index (χ1n) is 7.85. The van der Waals surface area contributed by atoms with Gasteiger partial charge in [0.1, 0.15) is 0 Å². The smallest absolute Gasteiger partial charge is 0.0930 e. The normalized spacial score (nSPS) is 13.2. The van der Waals surface area contributed by atoms with E-state index in [0.29, 0.717) is 24.7 Å². The quantitative estimate of drug-likeness (QED) is 0.602. The van der Waals surface area contributed by atoms with Crippen molar-refractivity contribution in [2.24, 2.45) is 0 Å². The van der Waals surface area contributed by atoms with Crippen molar-refractivity contribution >= 4 is 43.8 Å². The van der Waals surface area contributed by atoms with Crippen LogP contribution in [0, 0.1) is 0 Å². The minimum atomic E-state index is -0.690. The van der Waals surface area contributed by atoms with Gasteiger partial charge in [0.05, 0.1) is 19.3 Å². The van der Waals surface area contributed by atoms with Crippen molar-refractivity contribution in [3.63, 3.8) is 0 Å². The van der Waals surface area contributed by atoms with Crippen LogP contribution in [0.3, 0.4) is 0 Å². The van der Waals surface area contributed by atoms with Gasteiger partial charge in [0, 0.05) is 40.3 Å². The van der Waals surface area contributed by atoms with E-state index in [2.05, 4.69) is 0 Å². The molecular formula is C18H20ClNO3S. The van der Waals surface area contributed by atoms with Crippen molar-refractivity contribution in [1.82, 2.24) is 4.90 Å². The van der Waals surface area contributed by atoms with Gasteiger partial charge in [0.2, 0.25) is 0 Å². The minimum absolute atomic E-state index is 0.00263. The maximum absolute atomic E-state index is 10.8. The molecule has 0 spiro atoms. The van der Waals surface area contributed by atoms with Gasteiger partial charge >= 0.3 is 0 Å². The first-order chi connectivity index (χ1) is 11.6. The summed E-state index contributed by atoms with van der Waals surface area (Å²) in [6.45, 7) is 1.21. The maximum atomic E-state index is 10.8. The van der Waals surface area contributed by atoms with Crippen molar-refractivity contribution in [3.8, 4) is 0 Å². The molecule has 3 N–H and O–H groups in total. The Bertz CT molecular complexity index is 830. The molecule has 128 valence electrons. The number of fused-ring (bicyclic) bond motifs is 3. The summed E-state index contributed by atoms with van der Waals surface area (Å²) < 4.78 is 1.05. The number of hydrogen-bond acceptors (Lipinski definition) is 5. The lowest BCUT2D eigenvalue weighted by molar-refractivity contribution is 0.0883. The van der Waals surface area contributed by atoms with Crippen LogP contribution in [0.5, 0.6) is 0 Å². The van der Waals surface area contributed by atoms with E-state index < -0.39 is 6.10 Å². The van der Waals surface area contributed by atoms with E-state index in [1.165, 1.54) is 0 Å². The first-order valence-corrected chi connectivity index (χ1v) is 9.11. The van der Waals surface area contributed by atoms with Crippen LogP contribution < -0.4 is 0 Å². The van der Waals surface area contributed by atoms with E-state index in [0.717, 1.165) is 26.4 Å². The first kappa shape index (κ1) is 17.6. The lowest BCUT2D eigenvalue weighted by Crippen LogP contribution is -2.33. The van der Waals surface area contributed by atoms with Gasteiger partial charge < -0.3 is 15.3 Å². The molecule has 0 fully saturated rings. The number of aliphatic hydroxyl groups is 3. The molecule has 0 aliphatic heterocycles. The molecule has 1 atom stereocenters. The van der Waals surface area contributed by atoms with Gasteiger partial charge in [-0.15, -0.1) is 11.3 Å². The summed E-state index contributed by atoms with van der Waals surface area (Å²) in [4.78, 5) is 1.86. The predicted octanol–water partition coefficient (Wildman–Crippen LogP) is 3.03. The van der Waals surface area contributed by atoms with E-state index >= 15 is 0 Å². The van der Waals surface area contributed by atoms with Crippen LogP contribution in [-0.2, 0) is 0 Å². The fourth-order valence-corrected chi connectivity index (χ4v) is 4.18. The number of hydrogen-bond donors (Lipinski definition) is 3. The number of halogens is 1. The van der Waals surface area contributed by atoms with Crippen molar-refractivity contribution in [2.75, 3.05) is 32.8 Å². The molecule has 1 unspecified atom stereocenters. The number of thiophene rings is 1. The van der Waals surface area contributed by atoms with E-state index in [1.807, 2.05) is 40.6 Å². The number of benzene rings is 2. The van der Waals surface area contributed by atoms with Crippen molar-refractivity contribution in [2.45, 2.75) is 6.10 Å². The third-order valence-electron chi connectivity index (χ3n) is 4.17. The summed E-state index contributed by atoms with van der Waals surface area (Å²) in [6, 6.07) is 9.82. The zero-order valence-electron chi connectivity index (χ0n) is 13.2. The van der Waals surface area contributed by atoms with Crippen LogP contribution in [0.2, 0.25) is 5.02 Å². The summed E-state index contributed by atoms with van der Waals surface area (Å²) in [6.07, 6.45) is -0.690. The van der Waals surface area contributed by atoms with E-state index in [9.17, 15) is 5.11 Å². The summed E-state index contributed by atoms with van der Waals surface area (Å²) in [5, 5.41) is 34.9. The highest BCUT2D eigenvalue weighted by atomic mass is 35.5. The van der Waals surface area contributed by atoms with Gasteiger partial charge in [-0.05, 0) is 40.4 Å². The molecule has 6 heteroatoms. The predicted molar refractivity (Wildman–Crippen MR) is 99.9 cm³/mol. The Kier molecular flexibility index (Phi) is 5.71. The zero-order valence-corrected chi connectivity index (χ0v) is 14.7. The molecule has 24 heavy (non-hydrogen) atoms. The van der Waals surface area contributed by atoms with Gasteiger partial charge in [-0.3, -0.25) is 4.90 Å². The molecule has 0 bridgehead atoms. The number of aliphatic hydroxyl groups excluding tert-OH is 3. The van der Waals surface area contributed by atoms with E-state index in [-0.39, 0.29) is 13.2 Å². The van der Waals surface area contributed by atoms with E-state index in [1.54, 1.807) is 11.3 Å². The fraction of sp³-hybridized carbons (Fsp3) is 0.333. The Morgan fingerprint density at radius 3 is 2.50 bits per heavy atom. The highest BCUT2D eigenvalue weighted by Crippen LogP contribution is 2.36. The molecule has 0 saturated carbocycles. The zero-order chi connectivity index (χ0) is 17.1. The van der Waals surface area contributed by atoms with Crippen molar-refractivity contribution in [1.29, 1.82) is 0 Å². The minimum Gasteiger partial charge on any atom is -0.395 e. The molecule has 1 aromatic heterocycles. The average Bonchev–Trinajstić information content (AvgIpc) is 3.04. The second-order valence-corrected chi connectivity index (χ2v) is 7.11. The Balaban J connectivity index is 2.01. The molecular weight excluding hydrogens is 346 g/mol. The lowest BCUT2D eigenvalue weighted by atomic mass is 9.99. The van der Waals surface area contributed by atoms with Crippen LogP contribution in [0.25, 0.3) is 20.9 Å². The van der Waals surface area contributed by atoms with Crippen LogP contribution >= 0.6 is 22.9 Å². The van der Waals surface area contributed by atoms with Crippen LogP contribution in [0.1, 0.15) is 11.7 Å². The fourth-order valence-electron chi connectivity index (χ4n) is 3.03. The summed E-state index contributed by atoms with van der Waals surface area (Å²) in [5.74, 6) is 0. The molecule has 1 heterocycles. The lowest BCUT2D eigenvalue weighted by Gasteiger charge is -2.24. The third kappa shape index (κ3) is 3.57. The topological polar surface area (TPSA) is 63.9 Å². The Hall–Kier alpha value is -1.21. The Morgan fingerprint density at radius 1 is 1.04 bits per heavy atom. The Morgan fingerprint density at radius 2 is 1.79 bits per heavy atom. The molecule has 0 saturated heterocycles. The second kappa shape index (κ2) is 7.78. The van der Waals surface area contributed by atoms with Crippen molar-refractivity contribution in [3.05, 3.63) is 46.3 Å². The van der Waals surface area contributed by atoms with E-state index in [4.69, 9.17) is 21.8 Å². The van der Waals surface area contributed by atoms with Crippen LogP contribution in [-0.4, -0.2) is 53.1 Å². The molecule has 0 amide bonds. The molecule has 2 aromatic carbocycles. The molecule has 3 rings (SSSR count). The number of nitrogens with zero attached hydrogens (tertiary/aromatic N) is 1. The molecule has 0 radical (unpaired) electrons. The average molecular weight is 366 g/mol. The molecule has 0 aliphatic rings. The van der Waals surface area contributed by atoms with Gasteiger partial charge in [-0.2, -0.15) is 0 Å². The standard InChI is InChI=1S/C18H20ClNO3S/c19-13-2-1-12-9-16(17(23)11-20(4-6-21)5-7-22)18-14(3-8-24-18)15(12)10-13/h1-3,8-10,17,21-23H,4-7,11H2. The highest BCUT2D eigenvalue weighted by molar-refractivity contribution is 7.17. The van der Waals surface area contributed by atoms with Crippen molar-refractivity contribution < 1.29 is 15.3 Å². The summed E-state index contributed by atoms with van der Waals surface area (Å²) in [7, 11) is 0. The highest BCUT2D eigenvalue weighted by Gasteiger charge is 2.18. The largest absolute Gasteiger partial charge is 0.395 e. The summed E-state index contributed by atoms with van der Waals surface area (Å²) in [5.41, 5.74) is 0.871. The van der Waals surface area contributed by atoms with Gasteiger partial charge in [-0.25, -0.2) is 0 Å². The molecule has 4 nitrogen and oxygen atoms in total. The number of rotatable bonds is 7. The van der Waals surface area contributed by atoms with Crippen LogP contribution in [0.4, 0.5) is 0 Å².